The summed E-state index contributed by atoms with van der Waals surface area (Å²) in [6, 6.07) is 4.65. The van der Waals surface area contributed by atoms with E-state index in [1.165, 1.54) is 19.3 Å². The predicted molar refractivity (Wildman–Crippen MR) is 78.2 cm³/mol. The minimum absolute atomic E-state index is 0.504. The summed E-state index contributed by atoms with van der Waals surface area (Å²) in [5.74, 6) is 1.46. The Morgan fingerprint density at radius 2 is 2.26 bits per heavy atom. The van der Waals surface area contributed by atoms with E-state index in [9.17, 15) is 0 Å². The van der Waals surface area contributed by atoms with E-state index in [-0.39, 0.29) is 0 Å². The van der Waals surface area contributed by atoms with Crippen LogP contribution in [0.2, 0.25) is 0 Å². The van der Waals surface area contributed by atoms with Crippen molar-refractivity contribution in [3.63, 3.8) is 0 Å². The lowest BCUT2D eigenvalue weighted by atomic mass is 9.70. The van der Waals surface area contributed by atoms with E-state index in [0.29, 0.717) is 11.5 Å². The second kappa shape index (κ2) is 5.91. The summed E-state index contributed by atoms with van der Waals surface area (Å²) in [5.41, 5.74) is 1.64. The molecule has 1 heterocycles. The molecule has 0 saturated heterocycles. The van der Waals surface area contributed by atoms with Gasteiger partial charge in [-0.1, -0.05) is 26.8 Å². The van der Waals surface area contributed by atoms with Gasteiger partial charge in [0.05, 0.1) is 7.11 Å². The van der Waals surface area contributed by atoms with Crippen molar-refractivity contribution in [1.82, 2.24) is 10.3 Å². The van der Waals surface area contributed by atoms with Crippen LogP contribution in [0.1, 0.15) is 45.6 Å². The van der Waals surface area contributed by atoms with Crippen molar-refractivity contribution < 1.29 is 4.74 Å². The second-order valence-electron chi connectivity index (χ2n) is 6.54. The molecule has 3 heteroatoms. The maximum atomic E-state index is 5.29. The fourth-order valence-corrected chi connectivity index (χ4v) is 3.23. The van der Waals surface area contributed by atoms with Crippen LogP contribution in [0.25, 0.3) is 0 Å². The van der Waals surface area contributed by atoms with E-state index in [4.69, 9.17) is 4.74 Å². The average molecular weight is 262 g/mol. The van der Waals surface area contributed by atoms with E-state index in [2.05, 4.69) is 37.1 Å². The Morgan fingerprint density at radius 1 is 1.47 bits per heavy atom. The zero-order valence-corrected chi connectivity index (χ0v) is 12.6. The minimum Gasteiger partial charge on any atom is -0.481 e. The molecule has 0 aromatic carbocycles. The van der Waals surface area contributed by atoms with E-state index >= 15 is 0 Å². The zero-order valence-electron chi connectivity index (χ0n) is 12.6. The lowest BCUT2D eigenvalue weighted by Gasteiger charge is -2.39. The molecule has 2 rings (SSSR count). The first-order valence-electron chi connectivity index (χ1n) is 7.23. The molecular weight excluding hydrogens is 236 g/mol. The minimum atomic E-state index is 0.504. The number of methoxy groups -OCH3 is 1. The van der Waals surface area contributed by atoms with Crippen molar-refractivity contribution in [3.05, 3.63) is 23.9 Å². The highest BCUT2D eigenvalue weighted by Gasteiger charge is 2.31. The molecule has 1 aromatic rings. The number of pyridine rings is 1. The molecule has 0 aliphatic heterocycles. The van der Waals surface area contributed by atoms with Gasteiger partial charge in [-0.3, -0.25) is 0 Å². The largest absolute Gasteiger partial charge is 0.481 e. The van der Waals surface area contributed by atoms with Gasteiger partial charge >= 0.3 is 0 Å². The standard InChI is InChI=1S/C16H26N2O/c1-12-10-16(2,3)8-7-14(12)18-11-13-6-5-9-17-15(13)19-4/h5-6,9,12,14,18H,7-8,10-11H2,1-4H3. The lowest BCUT2D eigenvalue weighted by molar-refractivity contribution is 0.148. The molecule has 1 saturated carbocycles. The van der Waals surface area contributed by atoms with Crippen molar-refractivity contribution >= 4 is 0 Å². The normalized spacial score (nSPS) is 26.1. The summed E-state index contributed by atoms with van der Waals surface area (Å²) in [6.45, 7) is 7.96. The molecule has 1 aliphatic carbocycles. The van der Waals surface area contributed by atoms with Crippen molar-refractivity contribution in [1.29, 1.82) is 0 Å². The van der Waals surface area contributed by atoms with E-state index in [1.54, 1.807) is 13.3 Å². The number of hydrogen-bond donors (Lipinski definition) is 1. The first-order chi connectivity index (χ1) is 9.02. The van der Waals surface area contributed by atoms with Crippen LogP contribution < -0.4 is 10.1 Å². The van der Waals surface area contributed by atoms with Crippen LogP contribution in [-0.2, 0) is 6.54 Å². The summed E-state index contributed by atoms with van der Waals surface area (Å²) in [5, 5.41) is 3.68. The maximum Gasteiger partial charge on any atom is 0.217 e. The Morgan fingerprint density at radius 3 is 2.95 bits per heavy atom. The fraction of sp³-hybridized carbons (Fsp3) is 0.688. The Bertz CT molecular complexity index is 417. The molecule has 0 radical (unpaired) electrons. The summed E-state index contributed by atoms with van der Waals surface area (Å²) in [7, 11) is 1.68. The SMILES string of the molecule is COc1ncccc1CNC1CCC(C)(C)CC1C. The summed E-state index contributed by atoms with van der Waals surface area (Å²) < 4.78 is 5.29. The molecule has 19 heavy (non-hydrogen) atoms. The van der Waals surface area contributed by atoms with Crippen LogP contribution in [0.3, 0.4) is 0 Å². The Hall–Kier alpha value is -1.09. The molecule has 0 amide bonds. The molecule has 2 unspecified atom stereocenters. The molecular formula is C16H26N2O. The van der Waals surface area contributed by atoms with Gasteiger partial charge in [0.15, 0.2) is 0 Å². The third-order valence-electron chi connectivity index (χ3n) is 4.29. The molecule has 2 atom stereocenters. The predicted octanol–water partition coefficient (Wildman–Crippen LogP) is 3.39. The number of hydrogen-bond acceptors (Lipinski definition) is 3. The van der Waals surface area contributed by atoms with Crippen molar-refractivity contribution in [2.45, 2.75) is 52.6 Å². The van der Waals surface area contributed by atoms with Crippen LogP contribution in [0.4, 0.5) is 0 Å². The number of rotatable bonds is 4. The van der Waals surface area contributed by atoms with Gasteiger partial charge in [0.2, 0.25) is 5.88 Å². The van der Waals surface area contributed by atoms with Gasteiger partial charge in [0.1, 0.15) is 0 Å². The third-order valence-corrected chi connectivity index (χ3v) is 4.29. The maximum absolute atomic E-state index is 5.29. The van der Waals surface area contributed by atoms with Gasteiger partial charge in [0, 0.05) is 24.3 Å². The number of aromatic nitrogens is 1. The van der Waals surface area contributed by atoms with E-state index in [1.807, 2.05) is 6.07 Å². The lowest BCUT2D eigenvalue weighted by Crippen LogP contribution is -2.41. The molecule has 1 aliphatic rings. The van der Waals surface area contributed by atoms with E-state index < -0.39 is 0 Å². The first kappa shape index (κ1) is 14.3. The quantitative estimate of drug-likeness (QED) is 0.903. The van der Waals surface area contributed by atoms with Crippen LogP contribution in [0.5, 0.6) is 5.88 Å². The summed E-state index contributed by atoms with van der Waals surface area (Å²) >= 11 is 0. The molecule has 1 aromatic heterocycles. The number of nitrogens with one attached hydrogen (secondary N) is 1. The van der Waals surface area contributed by atoms with Crippen molar-refractivity contribution in [2.24, 2.45) is 11.3 Å². The van der Waals surface area contributed by atoms with Gasteiger partial charge < -0.3 is 10.1 Å². The van der Waals surface area contributed by atoms with Crippen molar-refractivity contribution in [2.75, 3.05) is 7.11 Å². The monoisotopic (exact) mass is 262 g/mol. The van der Waals surface area contributed by atoms with E-state index in [0.717, 1.165) is 23.9 Å². The third kappa shape index (κ3) is 3.69. The highest BCUT2D eigenvalue weighted by atomic mass is 16.5. The second-order valence-corrected chi connectivity index (χ2v) is 6.54. The Balaban J connectivity index is 1.92. The van der Waals surface area contributed by atoms with Crippen LogP contribution >= 0.6 is 0 Å². The molecule has 106 valence electrons. The zero-order chi connectivity index (χ0) is 13.9. The summed E-state index contributed by atoms with van der Waals surface area (Å²) in [6.07, 6.45) is 5.64. The van der Waals surface area contributed by atoms with Gasteiger partial charge in [0.25, 0.3) is 0 Å². The smallest absolute Gasteiger partial charge is 0.217 e. The fourth-order valence-electron chi connectivity index (χ4n) is 3.23. The Labute approximate surface area is 116 Å². The molecule has 3 nitrogen and oxygen atoms in total. The van der Waals surface area contributed by atoms with Gasteiger partial charge in [-0.05, 0) is 36.7 Å². The Kier molecular flexibility index (Phi) is 4.46. The average Bonchev–Trinajstić information content (AvgIpc) is 2.37. The van der Waals surface area contributed by atoms with Gasteiger partial charge in [-0.15, -0.1) is 0 Å². The van der Waals surface area contributed by atoms with Crippen LogP contribution in [0, 0.1) is 11.3 Å². The highest BCUT2D eigenvalue weighted by molar-refractivity contribution is 5.25. The van der Waals surface area contributed by atoms with Crippen LogP contribution in [0.15, 0.2) is 18.3 Å². The highest BCUT2D eigenvalue weighted by Crippen LogP contribution is 2.38. The van der Waals surface area contributed by atoms with Gasteiger partial charge in [-0.25, -0.2) is 4.98 Å². The molecule has 0 bridgehead atoms. The summed E-state index contributed by atoms with van der Waals surface area (Å²) in [4.78, 5) is 4.24. The topological polar surface area (TPSA) is 34.1 Å². The molecule has 0 spiro atoms. The van der Waals surface area contributed by atoms with Crippen LogP contribution in [-0.4, -0.2) is 18.1 Å². The number of nitrogens with zero attached hydrogens (tertiary/aromatic N) is 1. The molecule has 1 N–H and O–H groups in total. The first-order valence-corrected chi connectivity index (χ1v) is 7.23. The number of ether oxygens (including phenoxy) is 1. The van der Waals surface area contributed by atoms with Gasteiger partial charge in [-0.2, -0.15) is 0 Å². The van der Waals surface area contributed by atoms with Crippen molar-refractivity contribution in [3.8, 4) is 5.88 Å². The molecule has 1 fully saturated rings.